The van der Waals surface area contributed by atoms with Gasteiger partial charge in [-0.2, -0.15) is 0 Å². The van der Waals surface area contributed by atoms with Crippen LogP contribution in [0.2, 0.25) is 0 Å². The number of hydrogen-bond acceptors (Lipinski definition) is 9. The van der Waals surface area contributed by atoms with Crippen LogP contribution < -0.4 is 5.32 Å². The molecule has 52 heavy (non-hydrogen) atoms. The number of H-pyrrole nitrogens is 2. The lowest BCUT2D eigenvalue weighted by molar-refractivity contribution is -0.135. The predicted octanol–water partition coefficient (Wildman–Crippen LogP) is 8.53. The van der Waals surface area contributed by atoms with E-state index >= 15 is 0 Å². The summed E-state index contributed by atoms with van der Waals surface area (Å²) in [4.78, 5) is 58.4. The van der Waals surface area contributed by atoms with E-state index in [0.29, 0.717) is 13.1 Å². The third-order valence-corrected chi connectivity index (χ3v) is 11.9. The van der Waals surface area contributed by atoms with Gasteiger partial charge in [-0.1, -0.05) is 38.1 Å². The molecular formula is C38H45N7O5S2. The van der Waals surface area contributed by atoms with Crippen LogP contribution in [0.25, 0.3) is 43.0 Å². The van der Waals surface area contributed by atoms with E-state index in [9.17, 15) is 14.4 Å². The standard InChI is InChI=1S/C38H45N7O5S2/c1-21(2)30(43-36(47)49-6)35(46)44-15-7-9-28(44)33-39-17-26(41-33)23-13-11-22(12-14-23)24-19-51-32-25(20-52-31(24)32)27-18-40-34(42-27)29-10-8-16-45(29)37(48)50-38(3,4)5/h11-14,17-21,28-30H,7-10,15-16H2,1-6H3,(H,39,41)(H,40,42)(H,43,47)/t28-,29-,30?/m0/s1. The number of aromatic nitrogens is 4. The highest BCUT2D eigenvalue weighted by atomic mass is 32.1. The van der Waals surface area contributed by atoms with Crippen LogP contribution in [0.3, 0.4) is 0 Å². The van der Waals surface area contributed by atoms with E-state index in [1.165, 1.54) is 22.1 Å². The smallest absolute Gasteiger partial charge is 0.410 e. The van der Waals surface area contributed by atoms with E-state index in [0.717, 1.165) is 65.4 Å². The highest BCUT2D eigenvalue weighted by Crippen LogP contribution is 2.44. The highest BCUT2D eigenvalue weighted by Gasteiger charge is 2.38. The van der Waals surface area contributed by atoms with Gasteiger partial charge in [0.15, 0.2) is 0 Å². The number of fused-ring (bicyclic) bond motifs is 1. The summed E-state index contributed by atoms with van der Waals surface area (Å²) in [5.41, 5.74) is 5.69. The summed E-state index contributed by atoms with van der Waals surface area (Å²) in [5.74, 6) is 1.30. The molecule has 0 spiro atoms. The number of aromatic amines is 2. The summed E-state index contributed by atoms with van der Waals surface area (Å²) in [6, 6.07) is 7.45. The molecule has 274 valence electrons. The van der Waals surface area contributed by atoms with Crippen LogP contribution >= 0.6 is 22.7 Å². The molecule has 12 nitrogen and oxygen atoms in total. The molecule has 0 saturated carbocycles. The van der Waals surface area contributed by atoms with Crippen LogP contribution in [0.5, 0.6) is 0 Å². The van der Waals surface area contributed by atoms with Crippen molar-refractivity contribution in [2.75, 3.05) is 20.2 Å². The molecule has 14 heteroatoms. The van der Waals surface area contributed by atoms with Gasteiger partial charge in [0.05, 0.1) is 52.4 Å². The number of hydrogen-bond donors (Lipinski definition) is 3. The molecule has 2 aliphatic rings. The minimum Gasteiger partial charge on any atom is -0.453 e. The largest absolute Gasteiger partial charge is 0.453 e. The van der Waals surface area contributed by atoms with Gasteiger partial charge in [-0.3, -0.25) is 9.69 Å². The van der Waals surface area contributed by atoms with Gasteiger partial charge < -0.3 is 29.7 Å². The summed E-state index contributed by atoms with van der Waals surface area (Å²) in [6.45, 7) is 10.7. The first kappa shape index (κ1) is 35.7. The maximum absolute atomic E-state index is 13.5. The lowest BCUT2D eigenvalue weighted by atomic mass is 10.0. The molecule has 0 bridgehead atoms. The van der Waals surface area contributed by atoms with E-state index in [4.69, 9.17) is 19.4 Å². The molecule has 1 unspecified atom stereocenters. The predicted molar refractivity (Wildman–Crippen MR) is 203 cm³/mol. The molecule has 3 N–H and O–H groups in total. The zero-order valence-corrected chi connectivity index (χ0v) is 32.0. The number of likely N-dealkylation sites (tertiary alicyclic amines) is 2. The Morgan fingerprint density at radius 1 is 0.846 bits per heavy atom. The number of alkyl carbamates (subject to hydrolysis) is 1. The lowest BCUT2D eigenvalue weighted by Crippen LogP contribution is -2.51. The van der Waals surface area contributed by atoms with Crippen LogP contribution in [-0.4, -0.2) is 79.7 Å². The number of ether oxygens (including phenoxy) is 2. The molecule has 3 atom stereocenters. The van der Waals surface area contributed by atoms with Crippen LogP contribution in [0, 0.1) is 5.92 Å². The zero-order valence-electron chi connectivity index (χ0n) is 30.3. The summed E-state index contributed by atoms with van der Waals surface area (Å²) >= 11 is 3.44. The van der Waals surface area contributed by atoms with Gasteiger partial charge in [-0.05, 0) is 63.5 Å². The van der Waals surface area contributed by atoms with Crippen molar-refractivity contribution in [2.45, 2.75) is 84.0 Å². The molecule has 2 aliphatic heterocycles. The van der Waals surface area contributed by atoms with E-state index in [1.54, 1.807) is 27.6 Å². The second kappa shape index (κ2) is 14.4. The van der Waals surface area contributed by atoms with Gasteiger partial charge in [0.25, 0.3) is 0 Å². The van der Waals surface area contributed by atoms with E-state index in [2.05, 4.69) is 50.3 Å². The van der Waals surface area contributed by atoms with Gasteiger partial charge in [-0.15, -0.1) is 22.7 Å². The second-order valence-electron chi connectivity index (χ2n) is 14.8. The van der Waals surface area contributed by atoms with Crippen molar-refractivity contribution in [2.24, 2.45) is 5.92 Å². The monoisotopic (exact) mass is 743 g/mol. The van der Waals surface area contributed by atoms with Crippen molar-refractivity contribution in [3.05, 3.63) is 59.1 Å². The molecule has 6 heterocycles. The molecule has 7 rings (SSSR count). The maximum Gasteiger partial charge on any atom is 0.410 e. The first-order valence-electron chi connectivity index (χ1n) is 17.8. The number of benzene rings is 1. The Hall–Kier alpha value is -4.69. The topological polar surface area (TPSA) is 146 Å². The van der Waals surface area contributed by atoms with E-state index in [-0.39, 0.29) is 30.0 Å². The zero-order chi connectivity index (χ0) is 36.7. The second-order valence-corrected chi connectivity index (χ2v) is 16.5. The molecular weight excluding hydrogens is 699 g/mol. The van der Waals surface area contributed by atoms with E-state index < -0.39 is 17.7 Å². The van der Waals surface area contributed by atoms with Crippen LogP contribution in [0.1, 0.15) is 84.0 Å². The third kappa shape index (κ3) is 7.05. The van der Waals surface area contributed by atoms with Gasteiger partial charge in [-0.25, -0.2) is 19.6 Å². The molecule has 1 aromatic carbocycles. The molecule has 2 fully saturated rings. The number of imidazole rings is 2. The van der Waals surface area contributed by atoms with Gasteiger partial charge in [0.2, 0.25) is 5.91 Å². The van der Waals surface area contributed by atoms with Gasteiger partial charge in [0, 0.05) is 35.0 Å². The molecule has 5 aromatic rings. The average Bonchev–Trinajstić information content (AvgIpc) is 3.95. The Morgan fingerprint density at radius 2 is 1.40 bits per heavy atom. The van der Waals surface area contributed by atoms with Crippen molar-refractivity contribution < 1.29 is 23.9 Å². The summed E-state index contributed by atoms with van der Waals surface area (Å²) in [5, 5.41) is 7.08. The average molecular weight is 744 g/mol. The number of nitrogens with one attached hydrogen (secondary N) is 3. The van der Waals surface area contributed by atoms with Crippen LogP contribution in [-0.2, 0) is 14.3 Å². The van der Waals surface area contributed by atoms with Crippen LogP contribution in [0.15, 0.2) is 47.4 Å². The Labute approximate surface area is 310 Å². The number of carbonyl (C=O) groups excluding carboxylic acids is 3. The molecule has 4 aromatic heterocycles. The Kier molecular flexibility index (Phi) is 9.87. The lowest BCUT2D eigenvalue weighted by Gasteiger charge is -2.30. The Balaban J connectivity index is 1.05. The number of carbonyl (C=O) groups is 3. The number of amides is 3. The van der Waals surface area contributed by atoms with Crippen molar-refractivity contribution in [1.29, 1.82) is 0 Å². The minimum atomic E-state index is -0.677. The Bertz CT molecular complexity index is 2070. The number of rotatable bonds is 8. The fourth-order valence-corrected chi connectivity index (χ4v) is 9.56. The Morgan fingerprint density at radius 3 is 2.04 bits per heavy atom. The summed E-state index contributed by atoms with van der Waals surface area (Å²) in [7, 11) is 1.30. The quantitative estimate of drug-likeness (QED) is 0.144. The molecule has 3 amide bonds. The van der Waals surface area contributed by atoms with Crippen molar-refractivity contribution in [1.82, 2.24) is 35.1 Å². The first-order valence-corrected chi connectivity index (χ1v) is 19.5. The minimum absolute atomic E-state index is 0.0950. The first-order chi connectivity index (χ1) is 24.9. The number of methoxy groups -OCH3 is 1. The number of nitrogens with zero attached hydrogens (tertiary/aromatic N) is 4. The molecule has 2 saturated heterocycles. The summed E-state index contributed by atoms with van der Waals surface area (Å²) in [6.07, 6.45) is 6.19. The normalized spacial score (nSPS) is 18.4. The summed E-state index contributed by atoms with van der Waals surface area (Å²) < 4.78 is 12.8. The van der Waals surface area contributed by atoms with Gasteiger partial charge >= 0.3 is 12.2 Å². The van der Waals surface area contributed by atoms with Crippen molar-refractivity contribution >= 4 is 50.2 Å². The molecule has 0 radical (unpaired) electrons. The van der Waals surface area contributed by atoms with E-state index in [1.807, 2.05) is 51.9 Å². The number of thiophene rings is 2. The highest BCUT2D eigenvalue weighted by molar-refractivity contribution is 7.27. The fraction of sp³-hybridized carbons (Fsp3) is 0.447. The van der Waals surface area contributed by atoms with Crippen molar-refractivity contribution in [3.63, 3.8) is 0 Å². The fourth-order valence-electron chi connectivity index (χ4n) is 7.11. The maximum atomic E-state index is 13.5. The molecule has 0 aliphatic carbocycles. The third-order valence-electron chi connectivity index (χ3n) is 9.71. The SMILES string of the molecule is COC(=O)NC(C(=O)N1CCC[C@H]1c1ncc(-c2ccc(-c3csc4c(-c5cnc([C@@H]6CCCN6C(=O)OC(C)(C)C)[nH]5)csc34)cc2)[nH]1)C(C)C. The van der Waals surface area contributed by atoms with Crippen molar-refractivity contribution in [3.8, 4) is 33.6 Å². The van der Waals surface area contributed by atoms with Crippen LogP contribution in [0.4, 0.5) is 9.59 Å². The van der Waals surface area contributed by atoms with Gasteiger partial charge in [0.1, 0.15) is 23.3 Å².